The maximum atomic E-state index is 12.3. The van der Waals surface area contributed by atoms with Crippen molar-refractivity contribution in [2.24, 2.45) is 0 Å². The molecule has 0 radical (unpaired) electrons. The molecule has 3 aromatic rings. The molecule has 0 aliphatic heterocycles. The minimum atomic E-state index is -0.634. The summed E-state index contributed by atoms with van der Waals surface area (Å²) in [6.45, 7) is 7.86. The van der Waals surface area contributed by atoms with E-state index in [4.69, 9.17) is 9.26 Å². The fourth-order valence-electron chi connectivity index (χ4n) is 2.55. The van der Waals surface area contributed by atoms with Gasteiger partial charge in [-0.2, -0.15) is 4.98 Å². The largest absolute Gasteiger partial charge is 0.481 e. The number of carbonyl (C=O) groups is 1. The first kappa shape index (κ1) is 18.6. The second-order valence-corrected chi connectivity index (χ2v) is 6.55. The molecule has 0 saturated carbocycles. The molecule has 0 fully saturated rings. The SMILES string of the molecule is Cc1ccc(-c2noc(CNC(=O)[C@H](C)Oc3cccc(C)c3C)n2)cc1. The summed E-state index contributed by atoms with van der Waals surface area (Å²) in [5, 5.41) is 6.73. The van der Waals surface area contributed by atoms with Crippen molar-refractivity contribution in [2.45, 2.75) is 40.3 Å². The average Bonchev–Trinajstić information content (AvgIpc) is 3.13. The smallest absolute Gasteiger partial charge is 0.261 e. The van der Waals surface area contributed by atoms with E-state index in [0.29, 0.717) is 17.5 Å². The van der Waals surface area contributed by atoms with Gasteiger partial charge in [0, 0.05) is 5.56 Å². The van der Waals surface area contributed by atoms with E-state index in [1.807, 2.05) is 63.2 Å². The van der Waals surface area contributed by atoms with Crippen LogP contribution in [0.2, 0.25) is 0 Å². The molecule has 0 spiro atoms. The van der Waals surface area contributed by atoms with Gasteiger partial charge in [0.05, 0.1) is 6.54 Å². The molecule has 0 saturated heterocycles. The number of hydrogen-bond donors (Lipinski definition) is 1. The number of carbonyl (C=O) groups excluding carboxylic acids is 1. The summed E-state index contributed by atoms with van der Waals surface area (Å²) in [4.78, 5) is 16.6. The molecular formula is C21H23N3O3. The van der Waals surface area contributed by atoms with Crippen molar-refractivity contribution in [3.63, 3.8) is 0 Å². The molecule has 6 nitrogen and oxygen atoms in total. The van der Waals surface area contributed by atoms with Crippen LogP contribution in [0.3, 0.4) is 0 Å². The summed E-state index contributed by atoms with van der Waals surface area (Å²) >= 11 is 0. The second-order valence-electron chi connectivity index (χ2n) is 6.55. The third kappa shape index (κ3) is 4.53. The average molecular weight is 365 g/mol. The first-order chi connectivity index (χ1) is 12.9. The number of hydrogen-bond acceptors (Lipinski definition) is 5. The lowest BCUT2D eigenvalue weighted by molar-refractivity contribution is -0.127. The number of nitrogens with zero attached hydrogens (tertiary/aromatic N) is 2. The molecule has 1 aromatic heterocycles. The van der Waals surface area contributed by atoms with E-state index in [2.05, 4.69) is 15.5 Å². The van der Waals surface area contributed by atoms with Gasteiger partial charge < -0.3 is 14.6 Å². The third-order valence-electron chi connectivity index (χ3n) is 4.42. The van der Waals surface area contributed by atoms with Gasteiger partial charge in [0.2, 0.25) is 11.7 Å². The molecule has 1 atom stereocenters. The Bertz CT molecular complexity index is 932. The minimum Gasteiger partial charge on any atom is -0.481 e. The van der Waals surface area contributed by atoms with Crippen LogP contribution in [0.1, 0.15) is 29.5 Å². The summed E-state index contributed by atoms with van der Waals surface area (Å²) in [5.74, 6) is 1.31. The molecule has 0 aliphatic rings. The molecule has 6 heteroatoms. The number of ether oxygens (including phenoxy) is 1. The summed E-state index contributed by atoms with van der Waals surface area (Å²) < 4.78 is 11.0. The number of amides is 1. The quantitative estimate of drug-likeness (QED) is 0.720. The molecule has 0 unspecified atom stereocenters. The Balaban J connectivity index is 1.57. The van der Waals surface area contributed by atoms with Gasteiger partial charge in [-0.25, -0.2) is 0 Å². The van der Waals surface area contributed by atoms with Crippen LogP contribution in [0.25, 0.3) is 11.4 Å². The third-order valence-corrected chi connectivity index (χ3v) is 4.42. The van der Waals surface area contributed by atoms with Crippen molar-refractivity contribution in [3.05, 3.63) is 65.0 Å². The molecule has 1 heterocycles. The molecule has 0 bridgehead atoms. The topological polar surface area (TPSA) is 77.2 Å². The second kappa shape index (κ2) is 8.03. The zero-order chi connectivity index (χ0) is 19.4. The molecule has 1 N–H and O–H groups in total. The molecule has 27 heavy (non-hydrogen) atoms. The van der Waals surface area contributed by atoms with Crippen molar-refractivity contribution in [1.29, 1.82) is 0 Å². The van der Waals surface area contributed by atoms with Crippen molar-refractivity contribution < 1.29 is 14.1 Å². The van der Waals surface area contributed by atoms with Gasteiger partial charge in [0.1, 0.15) is 5.75 Å². The lowest BCUT2D eigenvalue weighted by Crippen LogP contribution is -2.36. The lowest BCUT2D eigenvalue weighted by atomic mass is 10.1. The summed E-state index contributed by atoms with van der Waals surface area (Å²) in [7, 11) is 0. The molecule has 2 aromatic carbocycles. The van der Waals surface area contributed by atoms with Gasteiger partial charge in [-0.1, -0.05) is 47.1 Å². The van der Waals surface area contributed by atoms with Crippen molar-refractivity contribution in [1.82, 2.24) is 15.5 Å². The highest BCUT2D eigenvalue weighted by atomic mass is 16.5. The van der Waals surface area contributed by atoms with Crippen molar-refractivity contribution in [3.8, 4) is 17.1 Å². The molecule has 3 rings (SSSR count). The van der Waals surface area contributed by atoms with E-state index in [0.717, 1.165) is 22.3 Å². The highest BCUT2D eigenvalue weighted by Crippen LogP contribution is 2.22. The first-order valence-corrected chi connectivity index (χ1v) is 8.84. The maximum Gasteiger partial charge on any atom is 0.261 e. The van der Waals surface area contributed by atoms with Gasteiger partial charge in [-0.15, -0.1) is 0 Å². The maximum absolute atomic E-state index is 12.3. The fraction of sp³-hybridized carbons (Fsp3) is 0.286. The Morgan fingerprint density at radius 2 is 1.89 bits per heavy atom. The predicted molar refractivity (Wildman–Crippen MR) is 102 cm³/mol. The van der Waals surface area contributed by atoms with Crippen LogP contribution < -0.4 is 10.1 Å². The molecular weight excluding hydrogens is 342 g/mol. The molecule has 1 amide bonds. The lowest BCUT2D eigenvalue weighted by Gasteiger charge is -2.16. The summed E-state index contributed by atoms with van der Waals surface area (Å²) in [5.41, 5.74) is 4.17. The zero-order valence-electron chi connectivity index (χ0n) is 15.9. The van der Waals surface area contributed by atoms with E-state index in [-0.39, 0.29) is 12.5 Å². The fourth-order valence-corrected chi connectivity index (χ4v) is 2.55. The van der Waals surface area contributed by atoms with Crippen LogP contribution in [0.15, 0.2) is 47.0 Å². The Hall–Kier alpha value is -3.15. The van der Waals surface area contributed by atoms with Gasteiger partial charge in [0.25, 0.3) is 5.91 Å². The predicted octanol–water partition coefficient (Wildman–Crippen LogP) is 3.75. The van der Waals surface area contributed by atoms with Gasteiger partial charge in [0.15, 0.2) is 6.10 Å². The summed E-state index contributed by atoms with van der Waals surface area (Å²) in [6, 6.07) is 13.6. The standard InChI is InChI=1S/C21H23N3O3/c1-13-8-10-17(11-9-13)20-23-19(27-24-20)12-22-21(25)16(4)26-18-7-5-6-14(2)15(18)3/h5-11,16H,12H2,1-4H3,(H,22,25)/t16-/m0/s1. The van der Waals surface area contributed by atoms with Crippen LogP contribution in [-0.4, -0.2) is 22.2 Å². The number of benzene rings is 2. The van der Waals surface area contributed by atoms with Crippen LogP contribution in [-0.2, 0) is 11.3 Å². The Morgan fingerprint density at radius 1 is 1.15 bits per heavy atom. The highest BCUT2D eigenvalue weighted by molar-refractivity contribution is 5.80. The monoisotopic (exact) mass is 365 g/mol. The van der Waals surface area contributed by atoms with E-state index in [1.165, 1.54) is 0 Å². The van der Waals surface area contributed by atoms with E-state index < -0.39 is 6.10 Å². The van der Waals surface area contributed by atoms with Gasteiger partial charge >= 0.3 is 0 Å². The van der Waals surface area contributed by atoms with Crippen molar-refractivity contribution >= 4 is 5.91 Å². The number of aryl methyl sites for hydroxylation is 2. The van der Waals surface area contributed by atoms with Crippen LogP contribution in [0.4, 0.5) is 0 Å². The Labute approximate surface area is 158 Å². The zero-order valence-corrected chi connectivity index (χ0v) is 15.9. The van der Waals surface area contributed by atoms with E-state index in [1.54, 1.807) is 6.92 Å². The van der Waals surface area contributed by atoms with E-state index >= 15 is 0 Å². The Kier molecular flexibility index (Phi) is 5.54. The Morgan fingerprint density at radius 3 is 2.63 bits per heavy atom. The first-order valence-electron chi connectivity index (χ1n) is 8.84. The van der Waals surface area contributed by atoms with Crippen molar-refractivity contribution in [2.75, 3.05) is 0 Å². The number of aromatic nitrogens is 2. The van der Waals surface area contributed by atoms with E-state index in [9.17, 15) is 4.79 Å². The highest BCUT2D eigenvalue weighted by Gasteiger charge is 2.17. The summed E-state index contributed by atoms with van der Waals surface area (Å²) in [6.07, 6.45) is -0.634. The van der Waals surface area contributed by atoms with Gasteiger partial charge in [-0.3, -0.25) is 4.79 Å². The van der Waals surface area contributed by atoms with Gasteiger partial charge in [-0.05, 0) is 44.9 Å². The number of rotatable bonds is 6. The molecule has 0 aliphatic carbocycles. The van der Waals surface area contributed by atoms with Crippen LogP contribution in [0, 0.1) is 20.8 Å². The van der Waals surface area contributed by atoms with Crippen LogP contribution in [0.5, 0.6) is 5.75 Å². The van der Waals surface area contributed by atoms with Crippen LogP contribution >= 0.6 is 0 Å². The minimum absolute atomic E-state index is 0.151. The molecule has 140 valence electrons. The number of nitrogens with one attached hydrogen (secondary N) is 1. The normalized spacial score (nSPS) is 11.9.